The quantitative estimate of drug-likeness (QED) is 0.462. The van der Waals surface area contributed by atoms with Crippen LogP contribution >= 0.6 is 0 Å². The molecule has 2 aromatic rings. The van der Waals surface area contributed by atoms with E-state index >= 15 is 0 Å². The molecule has 1 saturated heterocycles. The van der Waals surface area contributed by atoms with Crippen molar-refractivity contribution in [3.8, 4) is 11.5 Å². The summed E-state index contributed by atoms with van der Waals surface area (Å²) >= 11 is 0. The number of hydrogen-bond donors (Lipinski definition) is 0. The first-order valence-corrected chi connectivity index (χ1v) is 10.7. The maximum absolute atomic E-state index is 12.5. The zero-order valence-corrected chi connectivity index (χ0v) is 17.1. The lowest BCUT2D eigenvalue weighted by Gasteiger charge is -2.15. The Morgan fingerprint density at radius 2 is 1.73 bits per heavy atom. The summed E-state index contributed by atoms with van der Waals surface area (Å²) in [6.07, 6.45) is 4.51. The molecule has 0 unspecified atom stereocenters. The van der Waals surface area contributed by atoms with Crippen molar-refractivity contribution in [1.82, 2.24) is 4.31 Å². The molecule has 30 heavy (non-hydrogen) atoms. The predicted molar refractivity (Wildman–Crippen MR) is 107 cm³/mol. The highest BCUT2D eigenvalue weighted by molar-refractivity contribution is 7.89. The third-order valence-corrected chi connectivity index (χ3v) is 6.59. The van der Waals surface area contributed by atoms with Crippen LogP contribution in [-0.2, 0) is 10.0 Å². The fourth-order valence-corrected chi connectivity index (χ4v) is 4.64. The van der Waals surface area contributed by atoms with Gasteiger partial charge in [-0.05, 0) is 60.9 Å². The number of carbonyl (C=O) groups is 1. The van der Waals surface area contributed by atoms with Crippen molar-refractivity contribution in [3.63, 3.8) is 0 Å². The summed E-state index contributed by atoms with van der Waals surface area (Å²) in [4.78, 5) is 12.6. The second kappa shape index (κ2) is 9.36. The minimum atomic E-state index is -3.53. The van der Waals surface area contributed by atoms with E-state index in [-0.39, 0.29) is 22.2 Å². The predicted octanol–water partition coefficient (Wildman–Crippen LogP) is 3.98. The minimum Gasteiger partial charge on any atom is -0.493 e. The van der Waals surface area contributed by atoms with Crippen molar-refractivity contribution in [1.29, 1.82) is 0 Å². The molecule has 0 aliphatic carbocycles. The van der Waals surface area contributed by atoms with E-state index in [1.54, 1.807) is 0 Å². The van der Waals surface area contributed by atoms with Gasteiger partial charge in [-0.15, -0.1) is 0 Å². The molecule has 3 rings (SSSR count). The average Bonchev–Trinajstić information content (AvgIpc) is 3.28. The lowest BCUT2D eigenvalue weighted by atomic mass is 10.1. The van der Waals surface area contributed by atoms with Crippen molar-refractivity contribution in [3.05, 3.63) is 59.7 Å². The van der Waals surface area contributed by atoms with Crippen LogP contribution in [0.3, 0.4) is 0 Å². The number of nitrogens with zero attached hydrogens (tertiary/aromatic N) is 1. The zero-order chi connectivity index (χ0) is 21.7. The Balaban J connectivity index is 1.72. The zero-order valence-electron chi connectivity index (χ0n) is 16.3. The van der Waals surface area contributed by atoms with Gasteiger partial charge in [0.25, 0.3) is 0 Å². The Morgan fingerprint density at radius 1 is 1.07 bits per heavy atom. The van der Waals surface area contributed by atoms with Gasteiger partial charge in [-0.2, -0.15) is 13.1 Å². The molecule has 2 aromatic carbocycles. The molecule has 1 fully saturated rings. The Morgan fingerprint density at radius 3 is 2.33 bits per heavy atom. The Labute approximate surface area is 173 Å². The second-order valence-corrected chi connectivity index (χ2v) is 8.56. The van der Waals surface area contributed by atoms with Crippen LogP contribution in [0.25, 0.3) is 6.08 Å². The van der Waals surface area contributed by atoms with Gasteiger partial charge < -0.3 is 9.47 Å². The number of allylic oxidation sites excluding steroid dienone is 1. The van der Waals surface area contributed by atoms with Gasteiger partial charge >= 0.3 is 6.61 Å². The summed E-state index contributed by atoms with van der Waals surface area (Å²) in [5.74, 6) is -0.320. The summed E-state index contributed by atoms with van der Waals surface area (Å²) < 4.78 is 60.7. The average molecular weight is 437 g/mol. The van der Waals surface area contributed by atoms with Gasteiger partial charge in [0.1, 0.15) is 0 Å². The number of ketones is 1. The van der Waals surface area contributed by atoms with Crippen LogP contribution in [0.1, 0.15) is 28.8 Å². The molecule has 0 atom stereocenters. The third kappa shape index (κ3) is 5.03. The van der Waals surface area contributed by atoms with Crippen molar-refractivity contribution >= 4 is 21.9 Å². The van der Waals surface area contributed by atoms with E-state index in [1.165, 1.54) is 66.0 Å². The van der Waals surface area contributed by atoms with Crippen LogP contribution in [-0.4, -0.2) is 45.3 Å². The smallest absolute Gasteiger partial charge is 0.387 e. The first-order valence-electron chi connectivity index (χ1n) is 9.27. The van der Waals surface area contributed by atoms with E-state index in [2.05, 4.69) is 4.74 Å². The van der Waals surface area contributed by atoms with Crippen LogP contribution in [0.15, 0.2) is 53.4 Å². The Kier molecular flexibility index (Phi) is 6.84. The van der Waals surface area contributed by atoms with Gasteiger partial charge in [0.2, 0.25) is 10.0 Å². The highest BCUT2D eigenvalue weighted by Crippen LogP contribution is 2.30. The summed E-state index contributed by atoms with van der Waals surface area (Å²) in [6.45, 7) is -1.95. The summed E-state index contributed by atoms with van der Waals surface area (Å²) in [7, 11) is -2.21. The summed E-state index contributed by atoms with van der Waals surface area (Å²) in [5, 5.41) is 0. The van der Waals surface area contributed by atoms with Gasteiger partial charge in [-0.25, -0.2) is 8.42 Å². The molecule has 0 radical (unpaired) electrons. The van der Waals surface area contributed by atoms with Crippen molar-refractivity contribution in [2.24, 2.45) is 0 Å². The minimum absolute atomic E-state index is 0.106. The molecule has 1 heterocycles. The number of halogens is 2. The van der Waals surface area contributed by atoms with Gasteiger partial charge in [0.05, 0.1) is 12.0 Å². The van der Waals surface area contributed by atoms with Crippen LogP contribution in [0.5, 0.6) is 11.5 Å². The molecular formula is C21H21F2NO5S. The van der Waals surface area contributed by atoms with Gasteiger partial charge in [-0.1, -0.05) is 12.1 Å². The molecule has 9 heteroatoms. The largest absolute Gasteiger partial charge is 0.493 e. The Hall–Kier alpha value is -2.78. The van der Waals surface area contributed by atoms with E-state index < -0.39 is 16.6 Å². The molecule has 1 aliphatic heterocycles. The molecular weight excluding hydrogens is 416 g/mol. The molecule has 160 valence electrons. The lowest BCUT2D eigenvalue weighted by molar-refractivity contribution is -0.0512. The maximum Gasteiger partial charge on any atom is 0.387 e. The fraction of sp³-hybridized carbons (Fsp3) is 0.286. The lowest BCUT2D eigenvalue weighted by Crippen LogP contribution is -2.27. The number of hydrogen-bond acceptors (Lipinski definition) is 5. The number of carbonyl (C=O) groups excluding carboxylic acids is 1. The van der Waals surface area contributed by atoms with Crippen LogP contribution in [0.2, 0.25) is 0 Å². The molecule has 0 aromatic heterocycles. The van der Waals surface area contributed by atoms with E-state index in [4.69, 9.17) is 4.74 Å². The number of ether oxygens (including phenoxy) is 2. The van der Waals surface area contributed by atoms with Gasteiger partial charge in [-0.3, -0.25) is 4.79 Å². The standard InChI is InChI=1S/C21H21F2NO5S/c1-28-20-14-15(5-11-19(20)29-21(22)23)4-10-18(25)16-6-8-17(9-7-16)30(26,27)24-12-2-3-13-24/h4-11,14,21H,2-3,12-13H2,1H3/b10-4+. The van der Waals surface area contributed by atoms with E-state index in [0.717, 1.165) is 12.8 Å². The number of methoxy groups -OCH3 is 1. The first-order chi connectivity index (χ1) is 14.3. The number of rotatable bonds is 8. The van der Waals surface area contributed by atoms with Crippen molar-refractivity contribution in [2.45, 2.75) is 24.3 Å². The van der Waals surface area contributed by atoms with Gasteiger partial charge in [0.15, 0.2) is 17.3 Å². The highest BCUT2D eigenvalue weighted by atomic mass is 32.2. The summed E-state index contributed by atoms with van der Waals surface area (Å²) in [6, 6.07) is 10.1. The Bertz CT molecular complexity index is 1030. The normalized spacial score (nSPS) is 15.1. The van der Waals surface area contributed by atoms with Crippen molar-refractivity contribution < 1.29 is 31.5 Å². The molecule has 1 aliphatic rings. The van der Waals surface area contributed by atoms with E-state index in [0.29, 0.717) is 24.2 Å². The van der Waals surface area contributed by atoms with E-state index in [1.807, 2.05) is 0 Å². The number of alkyl halides is 2. The van der Waals surface area contributed by atoms with Crippen LogP contribution < -0.4 is 9.47 Å². The van der Waals surface area contributed by atoms with Crippen molar-refractivity contribution in [2.75, 3.05) is 20.2 Å². The third-order valence-electron chi connectivity index (χ3n) is 4.67. The molecule has 6 nitrogen and oxygen atoms in total. The van der Waals surface area contributed by atoms with Crippen LogP contribution in [0.4, 0.5) is 8.78 Å². The fourth-order valence-electron chi connectivity index (χ4n) is 3.12. The maximum atomic E-state index is 12.5. The summed E-state index contributed by atoms with van der Waals surface area (Å²) in [5.41, 5.74) is 0.881. The van der Waals surface area contributed by atoms with Gasteiger partial charge in [0, 0.05) is 18.7 Å². The highest BCUT2D eigenvalue weighted by Gasteiger charge is 2.27. The molecule has 0 N–H and O–H groups in total. The number of sulfonamides is 1. The topological polar surface area (TPSA) is 72.9 Å². The molecule has 0 bridgehead atoms. The SMILES string of the molecule is COc1cc(/C=C/C(=O)c2ccc(S(=O)(=O)N3CCCC3)cc2)ccc1OC(F)F. The van der Waals surface area contributed by atoms with E-state index in [9.17, 15) is 22.0 Å². The molecule has 0 saturated carbocycles. The second-order valence-electron chi connectivity index (χ2n) is 6.62. The first kappa shape index (κ1) is 21.9. The monoisotopic (exact) mass is 437 g/mol. The number of benzene rings is 2. The molecule has 0 amide bonds. The molecule has 0 spiro atoms. The van der Waals surface area contributed by atoms with Crippen LogP contribution in [0, 0.1) is 0 Å².